The van der Waals surface area contributed by atoms with Crippen molar-refractivity contribution in [1.29, 1.82) is 0 Å². The molecule has 1 aromatic carbocycles. The number of carbonyl (C=O) groups is 1. The average Bonchev–Trinajstić information content (AvgIpc) is 2.95. The van der Waals surface area contributed by atoms with Crippen molar-refractivity contribution in [3.63, 3.8) is 0 Å². The molecule has 1 amide bonds. The Morgan fingerprint density at radius 1 is 1.09 bits per heavy atom. The molecular weight excluding hydrogens is 331 g/mol. The predicted molar refractivity (Wildman–Crippen MR) is 78.1 cm³/mol. The minimum atomic E-state index is -4.33. The van der Waals surface area contributed by atoms with Crippen LogP contribution in [0.3, 0.4) is 0 Å². The van der Waals surface area contributed by atoms with Crippen molar-refractivity contribution in [1.82, 2.24) is 4.90 Å². The fourth-order valence-corrected chi connectivity index (χ4v) is 3.36. The number of halogens is 3. The van der Waals surface area contributed by atoms with E-state index in [1.54, 1.807) is 4.90 Å². The molecule has 2 heterocycles. The zero-order valence-corrected chi connectivity index (χ0v) is 13.1. The van der Waals surface area contributed by atoms with Crippen LogP contribution in [0.1, 0.15) is 23.2 Å². The maximum Gasteiger partial charge on any atom is 0.446 e. The number of ether oxygens (including phenoxy) is 2. The first-order valence-electron chi connectivity index (χ1n) is 7.30. The fraction of sp³-hybridized carbons (Fsp3) is 0.533. The lowest BCUT2D eigenvalue weighted by atomic mass is 10.0. The number of rotatable bonds is 2. The Bertz CT molecular complexity index is 560. The van der Waals surface area contributed by atoms with Gasteiger partial charge in [-0.15, -0.1) is 0 Å². The highest BCUT2D eigenvalue weighted by Crippen LogP contribution is 2.37. The van der Waals surface area contributed by atoms with Gasteiger partial charge < -0.3 is 14.4 Å². The first-order valence-corrected chi connectivity index (χ1v) is 8.12. The Morgan fingerprint density at radius 2 is 1.65 bits per heavy atom. The summed E-state index contributed by atoms with van der Waals surface area (Å²) >= 11 is -0.189. The molecule has 0 aliphatic carbocycles. The van der Waals surface area contributed by atoms with Crippen LogP contribution in [0.5, 0.6) is 0 Å². The quantitative estimate of drug-likeness (QED) is 0.770. The van der Waals surface area contributed by atoms with Crippen molar-refractivity contribution in [2.24, 2.45) is 0 Å². The van der Waals surface area contributed by atoms with Gasteiger partial charge in [0.25, 0.3) is 5.91 Å². The molecule has 4 nitrogen and oxygen atoms in total. The molecule has 2 aliphatic heterocycles. The van der Waals surface area contributed by atoms with Gasteiger partial charge in [-0.1, -0.05) is 0 Å². The number of piperidine rings is 1. The summed E-state index contributed by atoms with van der Waals surface area (Å²) in [6.45, 7) is 2.17. The molecule has 1 aromatic rings. The molecule has 23 heavy (non-hydrogen) atoms. The van der Waals surface area contributed by atoms with Gasteiger partial charge >= 0.3 is 5.51 Å². The molecule has 1 spiro atoms. The summed E-state index contributed by atoms with van der Waals surface area (Å²) in [5, 5.41) is 0. The van der Waals surface area contributed by atoms with E-state index in [4.69, 9.17) is 9.47 Å². The molecule has 2 aliphatic rings. The van der Waals surface area contributed by atoms with Crippen molar-refractivity contribution in [2.45, 2.75) is 29.0 Å². The van der Waals surface area contributed by atoms with Crippen LogP contribution in [0, 0.1) is 0 Å². The van der Waals surface area contributed by atoms with Crippen molar-refractivity contribution in [3.05, 3.63) is 29.8 Å². The Morgan fingerprint density at radius 3 is 2.17 bits per heavy atom. The number of thioether (sulfide) groups is 1. The number of alkyl halides is 3. The zero-order valence-electron chi connectivity index (χ0n) is 12.3. The summed E-state index contributed by atoms with van der Waals surface area (Å²) < 4.78 is 48.1. The molecule has 8 heteroatoms. The first kappa shape index (κ1) is 16.6. The van der Waals surface area contributed by atoms with Gasteiger partial charge in [-0.2, -0.15) is 13.2 Å². The summed E-state index contributed by atoms with van der Waals surface area (Å²) in [6.07, 6.45) is 1.22. The molecule has 0 N–H and O–H groups in total. The molecular formula is C15H16F3NO3S. The third kappa shape index (κ3) is 3.99. The zero-order chi connectivity index (χ0) is 16.5. The smallest absolute Gasteiger partial charge is 0.347 e. The number of amides is 1. The third-order valence-corrected chi connectivity index (χ3v) is 4.70. The molecule has 0 bridgehead atoms. The summed E-state index contributed by atoms with van der Waals surface area (Å²) in [5.41, 5.74) is -3.94. The van der Waals surface area contributed by atoms with E-state index in [0.29, 0.717) is 44.7 Å². The van der Waals surface area contributed by atoms with E-state index < -0.39 is 11.3 Å². The van der Waals surface area contributed by atoms with E-state index in [1.807, 2.05) is 0 Å². The molecule has 0 saturated carbocycles. The van der Waals surface area contributed by atoms with Crippen LogP contribution in [0.25, 0.3) is 0 Å². The minimum Gasteiger partial charge on any atom is -0.347 e. The summed E-state index contributed by atoms with van der Waals surface area (Å²) in [5.74, 6) is -0.731. The lowest BCUT2D eigenvalue weighted by molar-refractivity contribution is -0.181. The van der Waals surface area contributed by atoms with Crippen LogP contribution >= 0.6 is 11.8 Å². The number of likely N-dealkylation sites (tertiary alicyclic amines) is 1. The van der Waals surface area contributed by atoms with Crippen molar-refractivity contribution in [3.8, 4) is 0 Å². The van der Waals surface area contributed by atoms with E-state index in [2.05, 4.69) is 0 Å². The topological polar surface area (TPSA) is 38.8 Å². The number of carbonyl (C=O) groups excluding carboxylic acids is 1. The van der Waals surface area contributed by atoms with Crippen LogP contribution < -0.4 is 0 Å². The Kier molecular flexibility index (Phi) is 4.57. The molecule has 126 valence electrons. The van der Waals surface area contributed by atoms with Crippen LogP contribution in [0.2, 0.25) is 0 Å². The van der Waals surface area contributed by atoms with Gasteiger partial charge in [0, 0.05) is 36.4 Å². The molecule has 0 unspecified atom stereocenters. The molecule has 3 rings (SSSR count). The summed E-state index contributed by atoms with van der Waals surface area (Å²) in [7, 11) is 0. The standard InChI is InChI=1S/C15H16F3NO3S/c16-15(17,18)23-12-3-1-11(2-4-12)13(20)19-7-5-14(6-8-19)21-9-10-22-14/h1-4H,5-10H2. The molecule has 0 aromatic heterocycles. The first-order chi connectivity index (χ1) is 10.9. The molecule has 2 saturated heterocycles. The second-order valence-corrected chi connectivity index (χ2v) is 6.61. The highest BCUT2D eigenvalue weighted by molar-refractivity contribution is 8.00. The molecule has 0 atom stereocenters. The average molecular weight is 347 g/mol. The molecule has 0 radical (unpaired) electrons. The van der Waals surface area contributed by atoms with Gasteiger partial charge in [-0.05, 0) is 36.0 Å². The van der Waals surface area contributed by atoms with Gasteiger partial charge in [0.2, 0.25) is 0 Å². The second kappa shape index (κ2) is 6.33. The lowest BCUT2D eigenvalue weighted by Crippen LogP contribution is -2.47. The highest BCUT2D eigenvalue weighted by atomic mass is 32.2. The Labute approximate surface area is 135 Å². The van der Waals surface area contributed by atoms with Crippen LogP contribution in [-0.4, -0.2) is 48.4 Å². The monoisotopic (exact) mass is 347 g/mol. The fourth-order valence-electron chi connectivity index (χ4n) is 2.82. The summed E-state index contributed by atoms with van der Waals surface area (Å²) in [6, 6.07) is 5.51. The number of nitrogens with zero attached hydrogens (tertiary/aromatic N) is 1. The predicted octanol–water partition coefficient (Wildman–Crippen LogP) is 3.28. The molecule has 2 fully saturated rings. The van der Waals surface area contributed by atoms with Gasteiger partial charge in [-0.3, -0.25) is 4.79 Å². The van der Waals surface area contributed by atoms with Crippen molar-refractivity contribution >= 4 is 17.7 Å². The maximum absolute atomic E-state index is 12.4. The normalized spacial score (nSPS) is 20.9. The van der Waals surface area contributed by atoms with Gasteiger partial charge in [-0.25, -0.2) is 0 Å². The number of hydrogen-bond acceptors (Lipinski definition) is 4. The van der Waals surface area contributed by atoms with E-state index in [0.717, 1.165) is 0 Å². The highest BCUT2D eigenvalue weighted by Gasteiger charge is 2.40. The summed E-state index contributed by atoms with van der Waals surface area (Å²) in [4.78, 5) is 14.2. The minimum absolute atomic E-state index is 0.0689. The van der Waals surface area contributed by atoms with E-state index >= 15 is 0 Å². The van der Waals surface area contributed by atoms with E-state index in [9.17, 15) is 18.0 Å². The van der Waals surface area contributed by atoms with Crippen molar-refractivity contribution < 1.29 is 27.4 Å². The Balaban J connectivity index is 1.60. The maximum atomic E-state index is 12.4. The largest absolute Gasteiger partial charge is 0.446 e. The van der Waals surface area contributed by atoms with Gasteiger partial charge in [0.15, 0.2) is 5.79 Å². The number of hydrogen-bond donors (Lipinski definition) is 0. The van der Waals surface area contributed by atoms with Crippen LogP contribution in [0.15, 0.2) is 29.2 Å². The second-order valence-electron chi connectivity index (χ2n) is 5.47. The van der Waals surface area contributed by atoms with E-state index in [1.165, 1.54) is 24.3 Å². The van der Waals surface area contributed by atoms with Crippen LogP contribution in [-0.2, 0) is 9.47 Å². The van der Waals surface area contributed by atoms with Gasteiger partial charge in [0.05, 0.1) is 13.2 Å². The number of benzene rings is 1. The van der Waals surface area contributed by atoms with E-state index in [-0.39, 0.29) is 22.6 Å². The van der Waals surface area contributed by atoms with Gasteiger partial charge in [0.1, 0.15) is 0 Å². The third-order valence-electron chi connectivity index (χ3n) is 3.96. The Hall–Kier alpha value is -1.25. The lowest BCUT2D eigenvalue weighted by Gasteiger charge is -2.37. The van der Waals surface area contributed by atoms with Crippen LogP contribution in [0.4, 0.5) is 13.2 Å². The SMILES string of the molecule is O=C(c1ccc(SC(F)(F)F)cc1)N1CCC2(CC1)OCCO2. The van der Waals surface area contributed by atoms with Crippen molar-refractivity contribution in [2.75, 3.05) is 26.3 Å².